The monoisotopic (exact) mass is 215 g/mol. The number of nitrogens with two attached hydrogens (primary N) is 1. The predicted molar refractivity (Wildman–Crippen MR) is 42.7 cm³/mol. The van der Waals surface area contributed by atoms with Gasteiger partial charge in [-0.15, -0.1) is 0 Å². The largest absolute Gasteiger partial charge is 0.481 e. The highest BCUT2D eigenvalue weighted by Gasteiger charge is 2.36. The molecule has 3 N–H and O–H groups in total. The molecule has 0 heterocycles. The Balaban J connectivity index is 0. The van der Waals surface area contributed by atoms with E-state index in [4.69, 9.17) is 15.6 Å². The molecule has 0 aromatic rings. The number of hydrogen-bond acceptors (Lipinski definition) is 3. The first kappa shape index (κ1) is 15.4. The van der Waals surface area contributed by atoms with Crippen LogP contribution in [-0.2, 0) is 9.59 Å². The van der Waals surface area contributed by atoms with Crippen LogP contribution in [0.3, 0.4) is 0 Å². The van der Waals surface area contributed by atoms with Gasteiger partial charge in [0, 0.05) is 13.3 Å². The number of rotatable bonds is 3. The van der Waals surface area contributed by atoms with E-state index in [-0.39, 0.29) is 13.0 Å². The maximum atomic E-state index is 11.4. The summed E-state index contributed by atoms with van der Waals surface area (Å²) in [6, 6.07) is 0. The zero-order valence-corrected chi connectivity index (χ0v) is 7.60. The average Bonchev–Trinajstić information content (AvgIpc) is 1.97. The molecule has 84 valence electrons. The highest BCUT2D eigenvalue weighted by atomic mass is 19.4. The second-order valence-corrected chi connectivity index (χ2v) is 2.33. The van der Waals surface area contributed by atoms with E-state index in [1.165, 1.54) is 0 Å². The molecule has 0 amide bonds. The standard InChI is InChI=1S/C5H8F3NO.C2H4O2/c6-5(7,8)4(10)2-1-3-9;1-2(3)4/h1-3,9H2;1H3,(H,3,4). The summed E-state index contributed by atoms with van der Waals surface area (Å²) >= 11 is 0. The van der Waals surface area contributed by atoms with E-state index in [9.17, 15) is 18.0 Å². The number of alkyl halides is 3. The Morgan fingerprint density at radius 1 is 1.36 bits per heavy atom. The molecule has 0 aliphatic carbocycles. The lowest BCUT2D eigenvalue weighted by Gasteiger charge is -2.02. The normalized spacial score (nSPS) is 10.1. The van der Waals surface area contributed by atoms with Crippen molar-refractivity contribution in [1.82, 2.24) is 0 Å². The van der Waals surface area contributed by atoms with Gasteiger partial charge in [0.05, 0.1) is 0 Å². The van der Waals surface area contributed by atoms with Gasteiger partial charge in [0.1, 0.15) is 0 Å². The van der Waals surface area contributed by atoms with Crippen molar-refractivity contribution < 1.29 is 27.9 Å². The highest BCUT2D eigenvalue weighted by Crippen LogP contribution is 2.18. The van der Waals surface area contributed by atoms with Gasteiger partial charge in [0.15, 0.2) is 0 Å². The summed E-state index contributed by atoms with van der Waals surface area (Å²) < 4.78 is 34.1. The molecule has 0 aliphatic heterocycles. The molecule has 7 heteroatoms. The van der Waals surface area contributed by atoms with Crippen molar-refractivity contribution in [3.63, 3.8) is 0 Å². The first-order valence-electron chi connectivity index (χ1n) is 3.71. The Hall–Kier alpha value is -1.11. The van der Waals surface area contributed by atoms with Gasteiger partial charge in [-0.3, -0.25) is 9.59 Å². The quantitative estimate of drug-likeness (QED) is 0.734. The summed E-state index contributed by atoms with van der Waals surface area (Å²) in [5, 5.41) is 7.42. The molecule has 0 saturated heterocycles. The molecule has 0 aromatic heterocycles. The Morgan fingerprint density at radius 2 is 1.71 bits per heavy atom. The third-order valence-electron chi connectivity index (χ3n) is 0.924. The zero-order valence-electron chi connectivity index (χ0n) is 7.60. The Bertz CT molecular complexity index is 187. The van der Waals surface area contributed by atoms with Gasteiger partial charge in [-0.1, -0.05) is 0 Å². The van der Waals surface area contributed by atoms with Crippen molar-refractivity contribution >= 4 is 11.8 Å². The molecule has 0 spiro atoms. The van der Waals surface area contributed by atoms with Crippen LogP contribution in [0, 0.1) is 0 Å². The number of Topliss-reactive ketones (excluding diaryl/α,β-unsaturated/α-hetero) is 1. The number of aliphatic carboxylic acids is 1. The van der Waals surface area contributed by atoms with E-state index in [1.807, 2.05) is 0 Å². The first-order chi connectivity index (χ1) is 6.21. The van der Waals surface area contributed by atoms with Crippen LogP contribution in [0.1, 0.15) is 19.8 Å². The van der Waals surface area contributed by atoms with Crippen molar-refractivity contribution in [3.05, 3.63) is 0 Å². The zero-order chi connectivity index (χ0) is 11.8. The van der Waals surface area contributed by atoms with Crippen molar-refractivity contribution in [2.24, 2.45) is 5.73 Å². The third-order valence-corrected chi connectivity index (χ3v) is 0.924. The van der Waals surface area contributed by atoms with Crippen LogP contribution in [0.25, 0.3) is 0 Å². The summed E-state index contributed by atoms with van der Waals surface area (Å²) in [6.07, 6.45) is -5.09. The summed E-state index contributed by atoms with van der Waals surface area (Å²) in [7, 11) is 0. The Morgan fingerprint density at radius 3 is 1.93 bits per heavy atom. The average molecular weight is 215 g/mol. The summed E-state index contributed by atoms with van der Waals surface area (Å²) in [4.78, 5) is 19.0. The molecule has 0 aliphatic rings. The van der Waals surface area contributed by atoms with E-state index in [2.05, 4.69) is 0 Å². The molecular weight excluding hydrogens is 203 g/mol. The number of carbonyl (C=O) groups excluding carboxylic acids is 1. The molecule has 14 heavy (non-hydrogen) atoms. The molecule has 4 nitrogen and oxygen atoms in total. The van der Waals surface area contributed by atoms with Crippen molar-refractivity contribution in [2.75, 3.05) is 6.54 Å². The van der Waals surface area contributed by atoms with E-state index < -0.39 is 24.3 Å². The molecule has 0 radical (unpaired) electrons. The van der Waals surface area contributed by atoms with Crippen molar-refractivity contribution in [2.45, 2.75) is 25.9 Å². The molecule has 0 saturated carbocycles. The molecule has 0 rings (SSSR count). The van der Waals surface area contributed by atoms with Crippen LogP contribution in [0.15, 0.2) is 0 Å². The van der Waals surface area contributed by atoms with Gasteiger partial charge in [0.2, 0.25) is 5.78 Å². The van der Waals surface area contributed by atoms with Crippen LogP contribution in [0.2, 0.25) is 0 Å². The van der Waals surface area contributed by atoms with Gasteiger partial charge in [-0.2, -0.15) is 13.2 Å². The summed E-state index contributed by atoms with van der Waals surface area (Å²) in [5.41, 5.74) is 4.90. The molecule has 0 unspecified atom stereocenters. The Kier molecular flexibility index (Phi) is 8.02. The summed E-state index contributed by atoms with van der Waals surface area (Å²) in [5.74, 6) is -2.53. The molecular formula is C7H12F3NO3. The fraction of sp³-hybridized carbons (Fsp3) is 0.714. The number of hydrogen-bond donors (Lipinski definition) is 2. The number of halogens is 3. The second-order valence-electron chi connectivity index (χ2n) is 2.33. The lowest BCUT2D eigenvalue weighted by Crippen LogP contribution is -2.23. The maximum Gasteiger partial charge on any atom is 0.449 e. The van der Waals surface area contributed by atoms with Crippen LogP contribution in [-0.4, -0.2) is 29.6 Å². The smallest absolute Gasteiger partial charge is 0.449 e. The van der Waals surface area contributed by atoms with Gasteiger partial charge >= 0.3 is 6.18 Å². The van der Waals surface area contributed by atoms with E-state index in [1.54, 1.807) is 0 Å². The second kappa shape index (κ2) is 7.31. The van der Waals surface area contributed by atoms with Crippen LogP contribution < -0.4 is 5.73 Å². The molecule has 0 bridgehead atoms. The number of carboxylic acids is 1. The van der Waals surface area contributed by atoms with Gasteiger partial charge in [-0.25, -0.2) is 0 Å². The Labute approximate surface area is 78.9 Å². The van der Waals surface area contributed by atoms with Crippen LogP contribution >= 0.6 is 0 Å². The number of ketones is 1. The minimum atomic E-state index is -4.69. The van der Waals surface area contributed by atoms with Gasteiger partial charge < -0.3 is 10.8 Å². The van der Waals surface area contributed by atoms with Gasteiger partial charge in [0.25, 0.3) is 5.97 Å². The lowest BCUT2D eigenvalue weighted by molar-refractivity contribution is -0.171. The lowest BCUT2D eigenvalue weighted by atomic mass is 10.2. The minimum Gasteiger partial charge on any atom is -0.481 e. The van der Waals surface area contributed by atoms with Gasteiger partial charge in [-0.05, 0) is 13.0 Å². The number of carbonyl (C=O) groups is 2. The first-order valence-corrected chi connectivity index (χ1v) is 3.71. The minimum absolute atomic E-state index is 0.0956. The van der Waals surface area contributed by atoms with Crippen molar-refractivity contribution in [3.8, 4) is 0 Å². The molecule has 0 aromatic carbocycles. The third kappa shape index (κ3) is 13.5. The SMILES string of the molecule is CC(=O)O.NCCCC(=O)C(F)(F)F. The van der Waals surface area contributed by atoms with E-state index in [0.29, 0.717) is 0 Å². The number of carboxylic acid groups (broad SMARTS) is 1. The highest BCUT2D eigenvalue weighted by molar-refractivity contribution is 5.83. The predicted octanol–water partition coefficient (Wildman–Crippen LogP) is 0.948. The molecule has 0 fully saturated rings. The topological polar surface area (TPSA) is 80.4 Å². The van der Waals surface area contributed by atoms with E-state index >= 15 is 0 Å². The van der Waals surface area contributed by atoms with Crippen molar-refractivity contribution in [1.29, 1.82) is 0 Å². The van der Waals surface area contributed by atoms with E-state index in [0.717, 1.165) is 6.92 Å². The van der Waals surface area contributed by atoms with Crippen LogP contribution in [0.5, 0.6) is 0 Å². The van der Waals surface area contributed by atoms with Crippen LogP contribution in [0.4, 0.5) is 13.2 Å². The fourth-order valence-electron chi connectivity index (χ4n) is 0.404. The fourth-order valence-corrected chi connectivity index (χ4v) is 0.404. The maximum absolute atomic E-state index is 11.4. The molecule has 0 atom stereocenters. The summed E-state index contributed by atoms with van der Waals surface area (Å²) in [6.45, 7) is 1.20.